The van der Waals surface area contributed by atoms with Crippen molar-refractivity contribution in [2.24, 2.45) is 0 Å². The van der Waals surface area contributed by atoms with Crippen molar-refractivity contribution >= 4 is 29.1 Å². The van der Waals surface area contributed by atoms with Crippen LogP contribution in [0.3, 0.4) is 0 Å². The Morgan fingerprint density at radius 2 is 2.00 bits per heavy atom. The molecule has 0 spiro atoms. The molecule has 0 aliphatic heterocycles. The monoisotopic (exact) mass is 401 g/mol. The molecular weight excluding hydrogens is 382 g/mol. The number of nitro groups is 1. The van der Waals surface area contributed by atoms with E-state index in [9.17, 15) is 19.7 Å². The maximum atomic E-state index is 12.6. The van der Waals surface area contributed by atoms with Crippen molar-refractivity contribution in [2.45, 2.75) is 38.3 Å². The molecule has 0 aromatic heterocycles. The van der Waals surface area contributed by atoms with Crippen LogP contribution in [-0.2, 0) is 11.2 Å². The molecule has 0 radical (unpaired) electrons. The van der Waals surface area contributed by atoms with Gasteiger partial charge in [0.1, 0.15) is 11.1 Å². The average Bonchev–Trinajstić information content (AvgIpc) is 2.68. The van der Waals surface area contributed by atoms with E-state index >= 15 is 0 Å². The maximum absolute atomic E-state index is 12.6. The van der Waals surface area contributed by atoms with Gasteiger partial charge in [-0.05, 0) is 49.4 Å². The number of nitro benzene ring substituents is 1. The van der Waals surface area contributed by atoms with Gasteiger partial charge in [-0.2, -0.15) is 0 Å². The molecular formula is C20H20ClN3O4. The molecule has 2 amide bonds. The van der Waals surface area contributed by atoms with Gasteiger partial charge < -0.3 is 10.6 Å². The van der Waals surface area contributed by atoms with E-state index in [1.807, 2.05) is 18.2 Å². The van der Waals surface area contributed by atoms with Gasteiger partial charge in [-0.3, -0.25) is 19.7 Å². The molecule has 8 heteroatoms. The highest BCUT2D eigenvalue weighted by atomic mass is 35.5. The zero-order valence-corrected chi connectivity index (χ0v) is 16.0. The predicted molar refractivity (Wildman–Crippen MR) is 105 cm³/mol. The van der Waals surface area contributed by atoms with Gasteiger partial charge in [0.25, 0.3) is 11.6 Å². The Bertz CT molecular complexity index is 931. The normalized spacial score (nSPS) is 16.6. The number of hydrogen-bond donors (Lipinski definition) is 2. The minimum Gasteiger partial charge on any atom is -0.348 e. The Kier molecular flexibility index (Phi) is 5.94. The van der Waals surface area contributed by atoms with E-state index in [0.29, 0.717) is 0 Å². The first-order valence-corrected chi connectivity index (χ1v) is 9.37. The standard InChI is InChI=1S/C20H20ClN3O4/c1-12(22-20(26)14-9-10-16(21)18(11-14)24(27)28)19(25)23-17-8-4-6-13-5-2-3-7-15(13)17/h2-3,5,7,9-12,17H,4,6,8H2,1H3,(H,22,26)(H,23,25)/t12-,17-/m0/s1. The molecule has 2 aromatic carbocycles. The number of rotatable bonds is 5. The first kappa shape index (κ1) is 19.8. The number of halogens is 1. The van der Waals surface area contributed by atoms with Crippen molar-refractivity contribution in [1.29, 1.82) is 0 Å². The van der Waals surface area contributed by atoms with Gasteiger partial charge in [0, 0.05) is 11.6 Å². The van der Waals surface area contributed by atoms with Gasteiger partial charge in [-0.25, -0.2) is 0 Å². The second kappa shape index (κ2) is 8.39. The highest BCUT2D eigenvalue weighted by Gasteiger charge is 2.25. The van der Waals surface area contributed by atoms with E-state index < -0.39 is 16.9 Å². The molecule has 0 fully saturated rings. The van der Waals surface area contributed by atoms with Gasteiger partial charge in [0.15, 0.2) is 0 Å². The fourth-order valence-electron chi connectivity index (χ4n) is 3.34. The molecule has 28 heavy (non-hydrogen) atoms. The molecule has 0 heterocycles. The van der Waals surface area contributed by atoms with Crippen LogP contribution in [0.2, 0.25) is 5.02 Å². The van der Waals surface area contributed by atoms with Gasteiger partial charge in [0.2, 0.25) is 5.91 Å². The molecule has 0 saturated carbocycles. The molecule has 3 rings (SSSR count). The van der Waals surface area contributed by atoms with Crippen LogP contribution in [0.1, 0.15) is 47.3 Å². The quantitative estimate of drug-likeness (QED) is 0.590. The van der Waals surface area contributed by atoms with Crippen LogP contribution < -0.4 is 10.6 Å². The summed E-state index contributed by atoms with van der Waals surface area (Å²) in [6.45, 7) is 1.58. The van der Waals surface area contributed by atoms with E-state index in [1.54, 1.807) is 6.92 Å². The summed E-state index contributed by atoms with van der Waals surface area (Å²) in [5, 5.41) is 16.5. The predicted octanol–water partition coefficient (Wildman–Crippen LogP) is 3.56. The number of fused-ring (bicyclic) bond motifs is 1. The van der Waals surface area contributed by atoms with E-state index in [-0.39, 0.29) is 28.2 Å². The number of nitrogens with one attached hydrogen (secondary N) is 2. The lowest BCUT2D eigenvalue weighted by atomic mass is 9.87. The Hall–Kier alpha value is -2.93. The third-order valence-corrected chi connectivity index (χ3v) is 5.15. The summed E-state index contributed by atoms with van der Waals surface area (Å²) in [4.78, 5) is 35.3. The second-order valence-electron chi connectivity index (χ2n) is 6.77. The second-order valence-corrected chi connectivity index (χ2v) is 7.18. The number of carbonyl (C=O) groups excluding carboxylic acids is 2. The summed E-state index contributed by atoms with van der Waals surface area (Å²) in [5.74, 6) is -0.884. The summed E-state index contributed by atoms with van der Waals surface area (Å²) in [5.41, 5.74) is 2.04. The van der Waals surface area contributed by atoms with Crippen molar-refractivity contribution in [3.05, 3.63) is 74.3 Å². The Morgan fingerprint density at radius 1 is 1.25 bits per heavy atom. The van der Waals surface area contributed by atoms with Gasteiger partial charge in [-0.1, -0.05) is 35.9 Å². The van der Waals surface area contributed by atoms with E-state index in [0.717, 1.165) is 30.9 Å². The highest BCUT2D eigenvalue weighted by molar-refractivity contribution is 6.32. The minimum atomic E-state index is -0.795. The van der Waals surface area contributed by atoms with Crippen molar-refractivity contribution in [3.8, 4) is 0 Å². The Balaban J connectivity index is 1.66. The summed E-state index contributed by atoms with van der Waals surface area (Å²) in [6.07, 6.45) is 2.81. The zero-order chi connectivity index (χ0) is 20.3. The number of benzene rings is 2. The largest absolute Gasteiger partial charge is 0.348 e. The van der Waals surface area contributed by atoms with Crippen LogP contribution in [0.15, 0.2) is 42.5 Å². The lowest BCUT2D eigenvalue weighted by molar-refractivity contribution is -0.384. The first-order chi connectivity index (χ1) is 13.4. The van der Waals surface area contributed by atoms with Crippen LogP contribution in [-0.4, -0.2) is 22.8 Å². The van der Waals surface area contributed by atoms with Crippen LogP contribution in [0, 0.1) is 10.1 Å². The highest BCUT2D eigenvalue weighted by Crippen LogP contribution is 2.29. The van der Waals surface area contributed by atoms with E-state index in [1.165, 1.54) is 17.7 Å². The molecule has 0 saturated heterocycles. The zero-order valence-electron chi connectivity index (χ0n) is 15.3. The molecule has 0 bridgehead atoms. The third kappa shape index (κ3) is 4.31. The first-order valence-electron chi connectivity index (χ1n) is 9.00. The fourth-order valence-corrected chi connectivity index (χ4v) is 3.53. The van der Waals surface area contributed by atoms with Crippen LogP contribution in [0.4, 0.5) is 5.69 Å². The Morgan fingerprint density at radius 3 is 2.75 bits per heavy atom. The smallest absolute Gasteiger partial charge is 0.288 e. The molecule has 2 aromatic rings. The van der Waals surface area contributed by atoms with Crippen LogP contribution in [0.25, 0.3) is 0 Å². The topological polar surface area (TPSA) is 101 Å². The fraction of sp³-hybridized carbons (Fsp3) is 0.300. The molecule has 1 aliphatic rings. The maximum Gasteiger partial charge on any atom is 0.288 e. The van der Waals surface area contributed by atoms with E-state index in [2.05, 4.69) is 16.7 Å². The number of aryl methyl sites for hydroxylation is 1. The lowest BCUT2D eigenvalue weighted by Crippen LogP contribution is -2.46. The average molecular weight is 402 g/mol. The lowest BCUT2D eigenvalue weighted by Gasteiger charge is -2.27. The SMILES string of the molecule is C[C@H](NC(=O)c1ccc(Cl)c([N+](=O)[O-])c1)C(=O)N[C@H]1CCCc2ccccc21. The van der Waals surface area contributed by atoms with Crippen molar-refractivity contribution in [3.63, 3.8) is 0 Å². The molecule has 1 aliphatic carbocycles. The number of hydrogen-bond acceptors (Lipinski definition) is 4. The molecule has 0 unspecified atom stereocenters. The minimum absolute atomic E-state index is 0.0525. The molecule has 2 atom stereocenters. The molecule has 2 N–H and O–H groups in total. The van der Waals surface area contributed by atoms with Crippen LogP contribution in [0.5, 0.6) is 0 Å². The number of amides is 2. The summed E-state index contributed by atoms with van der Waals surface area (Å²) in [7, 11) is 0. The molecule has 7 nitrogen and oxygen atoms in total. The molecule has 146 valence electrons. The third-order valence-electron chi connectivity index (χ3n) is 4.83. The van der Waals surface area contributed by atoms with Gasteiger partial charge in [0.05, 0.1) is 11.0 Å². The van der Waals surface area contributed by atoms with Gasteiger partial charge in [-0.15, -0.1) is 0 Å². The summed E-state index contributed by atoms with van der Waals surface area (Å²) >= 11 is 5.76. The summed E-state index contributed by atoms with van der Waals surface area (Å²) < 4.78 is 0. The van der Waals surface area contributed by atoms with E-state index in [4.69, 9.17) is 11.6 Å². The Labute approximate surface area is 167 Å². The van der Waals surface area contributed by atoms with Gasteiger partial charge >= 0.3 is 0 Å². The number of carbonyl (C=O) groups is 2. The summed E-state index contributed by atoms with van der Waals surface area (Å²) in [6, 6.07) is 10.9. The van der Waals surface area contributed by atoms with Crippen molar-refractivity contribution in [2.75, 3.05) is 0 Å². The van der Waals surface area contributed by atoms with Crippen molar-refractivity contribution in [1.82, 2.24) is 10.6 Å². The van der Waals surface area contributed by atoms with Crippen LogP contribution >= 0.6 is 11.6 Å². The number of nitrogens with zero attached hydrogens (tertiary/aromatic N) is 1. The van der Waals surface area contributed by atoms with Crippen molar-refractivity contribution < 1.29 is 14.5 Å².